The number of hydrogen-bond donors (Lipinski definition) is 0. The summed E-state index contributed by atoms with van der Waals surface area (Å²) < 4.78 is 105. The quantitative estimate of drug-likeness (QED) is 0.149. The molecule has 0 aliphatic carbocycles. The molecule has 0 saturated carbocycles. The highest BCUT2D eigenvalue weighted by Gasteiger charge is 2.32. The first-order chi connectivity index (χ1) is 36.2. The van der Waals surface area contributed by atoms with E-state index in [1.54, 1.807) is 85.9 Å². The van der Waals surface area contributed by atoms with Gasteiger partial charge in [0.25, 0.3) is 0 Å². The molecule has 0 atom stereocenters. The van der Waals surface area contributed by atoms with Crippen molar-refractivity contribution in [3.8, 4) is 5.75 Å². The van der Waals surface area contributed by atoms with Gasteiger partial charge in [-0.25, -0.2) is 22.0 Å². The first kappa shape index (κ1) is 69.9. The van der Waals surface area contributed by atoms with E-state index in [1.807, 2.05) is 52.0 Å². The maximum Gasteiger partial charge on any atom is 0.416 e. The highest BCUT2D eigenvalue weighted by atomic mass is 35.5. The highest BCUT2D eigenvalue weighted by molar-refractivity contribution is 6.32. The van der Waals surface area contributed by atoms with Crippen molar-refractivity contribution in [2.75, 3.05) is 7.11 Å². The summed E-state index contributed by atoms with van der Waals surface area (Å²) >= 11 is 17.1. The minimum absolute atomic E-state index is 0.0885. The average molecular weight is 1140 g/mol. The summed E-state index contributed by atoms with van der Waals surface area (Å²) in [6.07, 6.45) is -4.23. The molecule has 0 radical (unpaired) electrons. The van der Waals surface area contributed by atoms with E-state index in [4.69, 9.17) is 39.5 Å². The molecule has 1 nitrogen and oxygen atoms in total. The number of rotatable bonds is 1. The van der Waals surface area contributed by atoms with Crippen LogP contribution in [0, 0.1) is 140 Å². The lowest BCUT2D eigenvalue weighted by Crippen LogP contribution is -2.07. The van der Waals surface area contributed by atoms with Crippen LogP contribution in [0.4, 0.5) is 35.1 Å². The Morgan fingerprint density at radius 1 is 0.321 bits per heavy atom. The lowest BCUT2D eigenvalue weighted by atomic mass is 10.1. The first-order valence-electron chi connectivity index (χ1n) is 24.7. The monoisotopic (exact) mass is 1140 g/mol. The molecule has 0 unspecified atom stereocenters. The molecule has 0 N–H and O–H groups in total. The Labute approximate surface area is 474 Å². The lowest BCUT2D eigenvalue weighted by Gasteiger charge is -2.10. The van der Waals surface area contributed by atoms with Crippen LogP contribution in [-0.4, -0.2) is 7.11 Å². The SMILES string of the molecule is COc1cc(C)ccc1C.Cc1cc(Cl)c(C)cc1F.Cc1cc(F)c(C)c(F)c1.Cc1ccc(C)c(C(F)(F)F)c1.Cc1ccc(C)c(Cl)c1.Cc1ccc(C)c(Cl)c1F.Cc1ccc(C)c(F)c1.Cc1ccc(C)cc1. The van der Waals surface area contributed by atoms with Gasteiger partial charge in [-0.3, -0.25) is 0 Å². The van der Waals surface area contributed by atoms with Crippen LogP contribution in [0.1, 0.15) is 94.6 Å². The molecule has 420 valence electrons. The Morgan fingerprint density at radius 3 is 1.09 bits per heavy atom. The highest BCUT2D eigenvalue weighted by Crippen LogP contribution is 2.32. The molecule has 8 rings (SSSR count). The van der Waals surface area contributed by atoms with Gasteiger partial charge in [-0.1, -0.05) is 136 Å². The molecular weight excluding hydrogens is 1070 g/mol. The van der Waals surface area contributed by atoms with Crippen LogP contribution >= 0.6 is 34.8 Å². The van der Waals surface area contributed by atoms with Crippen molar-refractivity contribution in [1.29, 1.82) is 0 Å². The van der Waals surface area contributed by atoms with Crippen LogP contribution in [0.2, 0.25) is 15.1 Å². The Morgan fingerprint density at radius 2 is 0.692 bits per heavy atom. The lowest BCUT2D eigenvalue weighted by molar-refractivity contribution is -0.138. The Kier molecular flexibility index (Phi) is 30.5. The Balaban J connectivity index is 0.000000447. The summed E-state index contributed by atoms with van der Waals surface area (Å²) in [5, 5.41) is 1.72. The van der Waals surface area contributed by atoms with E-state index in [0.29, 0.717) is 32.8 Å². The van der Waals surface area contributed by atoms with Gasteiger partial charge in [0.05, 0.1) is 17.7 Å². The van der Waals surface area contributed by atoms with E-state index in [2.05, 4.69) is 63.2 Å². The molecule has 0 fully saturated rings. The van der Waals surface area contributed by atoms with E-state index in [1.165, 1.54) is 72.0 Å². The average Bonchev–Trinajstić information content (AvgIpc) is 3.36. The fraction of sp³-hybridized carbons (Fsp3) is 0.273. The van der Waals surface area contributed by atoms with Crippen molar-refractivity contribution in [3.63, 3.8) is 0 Å². The molecule has 78 heavy (non-hydrogen) atoms. The number of alkyl halides is 3. The predicted molar refractivity (Wildman–Crippen MR) is 314 cm³/mol. The molecule has 0 aliphatic heterocycles. The zero-order valence-electron chi connectivity index (χ0n) is 47.8. The van der Waals surface area contributed by atoms with Crippen molar-refractivity contribution < 1.29 is 39.9 Å². The third kappa shape index (κ3) is 26.0. The molecule has 0 aliphatic rings. The minimum Gasteiger partial charge on any atom is -0.496 e. The maximum absolute atomic E-state index is 12.9. The number of methoxy groups -OCH3 is 1. The van der Waals surface area contributed by atoms with Gasteiger partial charge in [0.2, 0.25) is 0 Å². The smallest absolute Gasteiger partial charge is 0.416 e. The van der Waals surface area contributed by atoms with Crippen LogP contribution in [-0.2, 0) is 6.18 Å². The molecule has 8 aromatic carbocycles. The van der Waals surface area contributed by atoms with Crippen molar-refractivity contribution in [2.45, 2.75) is 117 Å². The topological polar surface area (TPSA) is 9.23 Å². The van der Waals surface area contributed by atoms with Gasteiger partial charge in [-0.15, -0.1) is 0 Å². The second-order valence-corrected chi connectivity index (χ2v) is 20.2. The van der Waals surface area contributed by atoms with Crippen molar-refractivity contribution in [1.82, 2.24) is 0 Å². The van der Waals surface area contributed by atoms with Crippen LogP contribution < -0.4 is 4.74 Å². The summed E-state index contributed by atoms with van der Waals surface area (Å²) in [5.74, 6) is -0.589. The second kappa shape index (κ2) is 34.0. The van der Waals surface area contributed by atoms with Gasteiger partial charge < -0.3 is 4.74 Å². The third-order valence-electron chi connectivity index (χ3n) is 11.5. The first-order valence-corrected chi connectivity index (χ1v) is 25.8. The van der Waals surface area contributed by atoms with Gasteiger partial charge in [0.15, 0.2) is 0 Å². The maximum atomic E-state index is 12.9. The van der Waals surface area contributed by atoms with E-state index in [9.17, 15) is 35.1 Å². The summed E-state index contributed by atoms with van der Waals surface area (Å²) in [6.45, 7) is 29.1. The summed E-state index contributed by atoms with van der Waals surface area (Å²) in [5.41, 5.74) is 12.9. The van der Waals surface area contributed by atoms with Gasteiger partial charge in [0, 0.05) is 15.6 Å². The number of aryl methyl sites for hydroxylation is 15. The van der Waals surface area contributed by atoms with Crippen LogP contribution in [0.15, 0.2) is 133 Å². The Hall–Kier alpha value is -6.13. The zero-order chi connectivity index (χ0) is 59.8. The van der Waals surface area contributed by atoms with Gasteiger partial charge in [-0.05, 0) is 226 Å². The van der Waals surface area contributed by atoms with Crippen molar-refractivity contribution in [2.24, 2.45) is 0 Å². The fourth-order valence-corrected chi connectivity index (χ4v) is 6.93. The standard InChI is InChI=1S/C9H9F3.C9H12O.2C8H8ClF.C8H9Cl.C8H8F2.C8H9F.C8H10/c1-6-3-4-7(2)8(5-6)9(10,11)12;1-7-4-5-8(2)9(6-7)10-3;1-5-4-8(10)6(2)3-7(5)9;1-5-3-4-6(2)8(10)7(5)9;1-6-3-4-7(2)8(9)5-6;1-5-3-7(9)6(2)8(10)4-5;1-6-3-4-7(2)8(9)5-6;1-7-3-5-8(2)6-4-7/h3-5H,1-2H3;4-6H,1-3H3;2*3-4H,1-2H3;3-5H,1-2H3;3-4H,1-2H3;3-5H,1-2H3;3-6H,1-2H3. The van der Waals surface area contributed by atoms with E-state index < -0.39 is 23.4 Å². The van der Waals surface area contributed by atoms with Gasteiger partial charge in [-0.2, -0.15) is 13.2 Å². The number of ether oxygens (including phenoxy) is 1. The number of hydrogen-bond acceptors (Lipinski definition) is 1. The molecule has 0 bridgehead atoms. The second-order valence-electron chi connectivity index (χ2n) is 19.0. The van der Waals surface area contributed by atoms with E-state index in [0.717, 1.165) is 39.1 Å². The molecule has 0 heterocycles. The minimum atomic E-state index is -4.23. The van der Waals surface area contributed by atoms with Gasteiger partial charge in [0.1, 0.15) is 34.8 Å². The summed E-state index contributed by atoms with van der Waals surface area (Å²) in [4.78, 5) is 0. The van der Waals surface area contributed by atoms with Crippen LogP contribution in [0.3, 0.4) is 0 Å². The van der Waals surface area contributed by atoms with E-state index in [-0.39, 0.29) is 33.6 Å². The predicted octanol–water partition coefficient (Wildman–Crippen LogP) is 22.1. The number of halogens is 11. The fourth-order valence-electron chi connectivity index (χ4n) is 6.26. The molecule has 0 aromatic heterocycles. The third-order valence-corrected chi connectivity index (χ3v) is 12.7. The molecular formula is C66H73Cl3F8O. The largest absolute Gasteiger partial charge is 0.496 e. The molecule has 0 spiro atoms. The van der Waals surface area contributed by atoms with E-state index >= 15 is 0 Å². The summed E-state index contributed by atoms with van der Waals surface area (Å²) in [7, 11) is 1.70. The summed E-state index contributed by atoms with van der Waals surface area (Å²) in [6, 6.07) is 39.5. The molecule has 8 aromatic rings. The molecule has 0 saturated heterocycles. The number of benzene rings is 8. The molecule has 0 amide bonds. The van der Waals surface area contributed by atoms with Crippen molar-refractivity contribution >= 4 is 34.8 Å². The van der Waals surface area contributed by atoms with Crippen molar-refractivity contribution in [3.05, 3.63) is 272 Å². The van der Waals surface area contributed by atoms with Gasteiger partial charge >= 0.3 is 6.18 Å². The van der Waals surface area contributed by atoms with Crippen LogP contribution in [0.25, 0.3) is 0 Å². The normalized spacial score (nSPS) is 10.1. The zero-order valence-corrected chi connectivity index (χ0v) is 50.0. The molecule has 12 heteroatoms. The Bertz CT molecular complexity index is 2980. The van der Waals surface area contributed by atoms with Crippen LogP contribution in [0.5, 0.6) is 5.75 Å².